The van der Waals surface area contributed by atoms with E-state index in [0.717, 1.165) is 22.8 Å². The Balaban J connectivity index is 1.98. The van der Waals surface area contributed by atoms with Crippen molar-refractivity contribution in [2.45, 2.75) is 20.3 Å². The minimum Gasteiger partial charge on any atom is -0.272 e. The summed E-state index contributed by atoms with van der Waals surface area (Å²) in [5.74, 6) is 7.04. The summed E-state index contributed by atoms with van der Waals surface area (Å²) in [5.41, 5.74) is 3.89. The monoisotopic (exact) mass is 368 g/mol. The molecule has 0 amide bonds. The van der Waals surface area contributed by atoms with E-state index in [4.69, 9.17) is 4.98 Å². The van der Waals surface area contributed by atoms with Crippen molar-refractivity contribution >= 4 is 10.9 Å². The lowest BCUT2D eigenvalue weighted by molar-refractivity contribution is 0.740. The molecule has 0 saturated carbocycles. The van der Waals surface area contributed by atoms with Gasteiger partial charge in [0.2, 0.25) is 0 Å². The van der Waals surface area contributed by atoms with Gasteiger partial charge in [-0.25, -0.2) is 4.98 Å². The number of aryl methyl sites for hydroxylation is 2. The van der Waals surface area contributed by atoms with Crippen molar-refractivity contribution in [2.75, 3.05) is 0 Å². The summed E-state index contributed by atoms with van der Waals surface area (Å²) < 4.78 is 3.47. The summed E-state index contributed by atoms with van der Waals surface area (Å²) in [5, 5.41) is 4.76. The molecule has 0 bridgehead atoms. The highest BCUT2D eigenvalue weighted by Gasteiger charge is 2.13. The van der Waals surface area contributed by atoms with Crippen LogP contribution < -0.4 is 5.56 Å². The van der Waals surface area contributed by atoms with Crippen LogP contribution >= 0.6 is 0 Å². The summed E-state index contributed by atoms with van der Waals surface area (Å²) in [6.45, 7) is 3.97. The zero-order chi connectivity index (χ0) is 19.7. The maximum absolute atomic E-state index is 13.5. The molecule has 0 N–H and O–H groups in total. The number of hydrogen-bond donors (Lipinski definition) is 0. The number of rotatable bonds is 2. The van der Waals surface area contributed by atoms with Crippen molar-refractivity contribution in [3.05, 3.63) is 87.7 Å². The molecule has 0 aliphatic carbocycles. The van der Waals surface area contributed by atoms with Crippen LogP contribution in [0.15, 0.2) is 59.5 Å². The maximum atomic E-state index is 13.5. The number of fused-ring (bicyclic) bond motifs is 1. The van der Waals surface area contributed by atoms with Crippen LogP contribution in [0.3, 0.4) is 0 Å². The maximum Gasteiger partial charge on any atom is 0.267 e. The van der Waals surface area contributed by atoms with Crippen LogP contribution in [0.1, 0.15) is 29.6 Å². The van der Waals surface area contributed by atoms with E-state index in [0.29, 0.717) is 22.9 Å². The largest absolute Gasteiger partial charge is 0.272 e. The predicted molar refractivity (Wildman–Crippen MR) is 111 cm³/mol. The zero-order valence-corrected chi connectivity index (χ0v) is 16.1. The summed E-state index contributed by atoms with van der Waals surface area (Å²) in [4.78, 5) is 18.2. The fraction of sp³-hybridized carbons (Fsp3) is 0.174. The molecular weight excluding hydrogens is 348 g/mol. The molecule has 0 unspecified atom stereocenters. The lowest BCUT2D eigenvalue weighted by Crippen LogP contribution is -2.24. The molecule has 0 saturated heterocycles. The van der Waals surface area contributed by atoms with Gasteiger partial charge >= 0.3 is 0 Å². The van der Waals surface area contributed by atoms with Crippen LogP contribution in [0.4, 0.5) is 0 Å². The van der Waals surface area contributed by atoms with Crippen molar-refractivity contribution in [1.29, 1.82) is 0 Å². The Hall–Kier alpha value is -3.65. The van der Waals surface area contributed by atoms with Crippen LogP contribution in [-0.4, -0.2) is 19.3 Å². The molecule has 28 heavy (non-hydrogen) atoms. The molecule has 4 rings (SSSR count). The Morgan fingerprint density at radius 2 is 1.75 bits per heavy atom. The van der Waals surface area contributed by atoms with Crippen LogP contribution in [0.5, 0.6) is 0 Å². The van der Waals surface area contributed by atoms with Crippen molar-refractivity contribution in [2.24, 2.45) is 7.05 Å². The Morgan fingerprint density at radius 3 is 2.43 bits per heavy atom. The minimum atomic E-state index is -0.0964. The van der Waals surface area contributed by atoms with Gasteiger partial charge in [0.15, 0.2) is 0 Å². The predicted octanol–water partition coefficient (Wildman–Crippen LogP) is 3.39. The van der Waals surface area contributed by atoms with Gasteiger partial charge in [0.05, 0.1) is 34.0 Å². The van der Waals surface area contributed by atoms with Gasteiger partial charge in [-0.3, -0.25) is 14.0 Å². The molecule has 0 fully saturated rings. The zero-order valence-electron chi connectivity index (χ0n) is 16.1. The first-order valence-corrected chi connectivity index (χ1v) is 9.21. The van der Waals surface area contributed by atoms with E-state index >= 15 is 0 Å². The summed E-state index contributed by atoms with van der Waals surface area (Å²) in [6, 6.07) is 15.2. The van der Waals surface area contributed by atoms with Crippen LogP contribution in [0.25, 0.3) is 16.6 Å². The molecule has 0 radical (unpaired) electrons. The highest BCUT2D eigenvalue weighted by molar-refractivity contribution is 5.84. The second-order valence-electron chi connectivity index (χ2n) is 6.57. The minimum absolute atomic E-state index is 0.0964. The highest BCUT2D eigenvalue weighted by Crippen LogP contribution is 2.17. The molecule has 4 aromatic rings. The van der Waals surface area contributed by atoms with Crippen LogP contribution in [0, 0.1) is 18.8 Å². The number of hydrogen-bond acceptors (Lipinski definition) is 3. The topological polar surface area (TPSA) is 52.7 Å². The molecule has 5 heteroatoms. The highest BCUT2D eigenvalue weighted by atomic mass is 16.1. The van der Waals surface area contributed by atoms with E-state index in [1.165, 1.54) is 0 Å². The van der Waals surface area contributed by atoms with E-state index in [-0.39, 0.29) is 5.56 Å². The van der Waals surface area contributed by atoms with E-state index in [1.807, 2.05) is 69.4 Å². The lowest BCUT2D eigenvalue weighted by Gasteiger charge is -2.13. The van der Waals surface area contributed by atoms with E-state index in [9.17, 15) is 4.79 Å². The third-order valence-corrected chi connectivity index (χ3v) is 4.86. The molecule has 2 aromatic heterocycles. The second kappa shape index (κ2) is 7.16. The van der Waals surface area contributed by atoms with Crippen LogP contribution in [-0.2, 0) is 13.5 Å². The van der Waals surface area contributed by atoms with Crippen molar-refractivity contribution in [1.82, 2.24) is 19.3 Å². The van der Waals surface area contributed by atoms with Gasteiger partial charge < -0.3 is 0 Å². The van der Waals surface area contributed by atoms with Gasteiger partial charge in [-0.15, -0.1) is 0 Å². The number of para-hydroxylation sites is 1. The Labute approximate surface area is 163 Å². The quantitative estimate of drug-likeness (QED) is 0.510. The Kier molecular flexibility index (Phi) is 4.54. The van der Waals surface area contributed by atoms with Crippen LogP contribution in [0.2, 0.25) is 0 Å². The first-order valence-electron chi connectivity index (χ1n) is 9.21. The number of aromatic nitrogens is 4. The summed E-state index contributed by atoms with van der Waals surface area (Å²) >= 11 is 0. The fourth-order valence-electron chi connectivity index (χ4n) is 3.22. The molecule has 0 aliphatic heterocycles. The van der Waals surface area contributed by atoms with Gasteiger partial charge in [0.1, 0.15) is 5.82 Å². The first-order chi connectivity index (χ1) is 13.6. The van der Waals surface area contributed by atoms with Gasteiger partial charge in [-0.05, 0) is 31.2 Å². The van der Waals surface area contributed by atoms with Crippen molar-refractivity contribution in [3.63, 3.8) is 0 Å². The molecule has 0 atom stereocenters. The molecule has 2 aromatic carbocycles. The third kappa shape index (κ3) is 2.99. The van der Waals surface area contributed by atoms with E-state index < -0.39 is 0 Å². The average Bonchev–Trinajstić information content (AvgIpc) is 3.04. The smallest absolute Gasteiger partial charge is 0.267 e. The van der Waals surface area contributed by atoms with Gasteiger partial charge in [-0.1, -0.05) is 43.0 Å². The molecule has 0 aliphatic rings. The average molecular weight is 368 g/mol. The Morgan fingerprint density at radius 1 is 1.00 bits per heavy atom. The van der Waals surface area contributed by atoms with Crippen molar-refractivity contribution in [3.8, 4) is 17.5 Å². The molecular formula is C23H20N4O. The molecule has 5 nitrogen and oxygen atoms in total. The molecule has 138 valence electrons. The Bertz CT molecular complexity index is 1290. The van der Waals surface area contributed by atoms with Crippen molar-refractivity contribution < 1.29 is 0 Å². The van der Waals surface area contributed by atoms with E-state index in [2.05, 4.69) is 16.9 Å². The fourth-order valence-corrected chi connectivity index (χ4v) is 3.22. The standard InChI is InChI=1S/C23H20N4O/c1-4-21-25-20-12-8-9-17(13-14-18-15-24-26(3)16(18)2)22(20)23(28)27(21)19-10-6-5-7-11-19/h5-12,15H,4H2,1-3H3. The molecule has 2 heterocycles. The van der Waals surface area contributed by atoms with Gasteiger partial charge in [0.25, 0.3) is 5.56 Å². The summed E-state index contributed by atoms with van der Waals surface area (Å²) in [6.07, 6.45) is 2.40. The molecule has 0 spiro atoms. The third-order valence-electron chi connectivity index (χ3n) is 4.86. The van der Waals surface area contributed by atoms with E-state index in [1.54, 1.807) is 15.4 Å². The lowest BCUT2D eigenvalue weighted by atomic mass is 10.1. The first kappa shape index (κ1) is 17.7. The van der Waals surface area contributed by atoms with Gasteiger partial charge in [-0.2, -0.15) is 5.10 Å². The number of nitrogens with zero attached hydrogens (tertiary/aromatic N) is 4. The van der Waals surface area contributed by atoms with Gasteiger partial charge in [0, 0.05) is 19.0 Å². The summed E-state index contributed by atoms with van der Waals surface area (Å²) in [7, 11) is 1.88. The normalized spacial score (nSPS) is 10.7. The second-order valence-corrected chi connectivity index (χ2v) is 6.57. The number of benzene rings is 2. The SMILES string of the molecule is CCc1nc2cccc(C#Cc3cnn(C)c3C)c2c(=O)n1-c1ccccc1.